The molecule has 1 amide bonds. The van der Waals surface area contributed by atoms with Crippen LogP contribution in [0.5, 0.6) is 0 Å². The SMILES string of the molecule is CC(=O)NCC(=Cc1ccc(/C=C/C(=O)O)cc1)B1OC(C)(C)C(C)(C)O1. The molecule has 0 aromatic heterocycles. The predicted molar refractivity (Wildman–Crippen MR) is 106 cm³/mol. The largest absolute Gasteiger partial charge is 0.492 e. The third kappa shape index (κ3) is 5.55. The minimum absolute atomic E-state index is 0.133. The second-order valence-electron chi connectivity index (χ2n) is 7.56. The van der Waals surface area contributed by atoms with Gasteiger partial charge in [-0.05, 0) is 50.4 Å². The average molecular weight is 371 g/mol. The lowest BCUT2D eigenvalue weighted by Gasteiger charge is -2.32. The van der Waals surface area contributed by atoms with Gasteiger partial charge in [0.2, 0.25) is 5.91 Å². The molecule has 0 radical (unpaired) electrons. The van der Waals surface area contributed by atoms with E-state index in [0.717, 1.165) is 22.7 Å². The van der Waals surface area contributed by atoms with E-state index in [4.69, 9.17) is 14.4 Å². The molecule has 0 bridgehead atoms. The highest BCUT2D eigenvalue weighted by molar-refractivity contribution is 6.56. The van der Waals surface area contributed by atoms with Crippen molar-refractivity contribution in [3.63, 3.8) is 0 Å². The number of amides is 1. The Morgan fingerprint density at radius 2 is 1.59 bits per heavy atom. The maximum absolute atomic E-state index is 11.4. The fraction of sp³-hybridized carbons (Fsp3) is 0.400. The van der Waals surface area contributed by atoms with Gasteiger partial charge in [-0.3, -0.25) is 4.79 Å². The van der Waals surface area contributed by atoms with Crippen LogP contribution in [0, 0.1) is 0 Å². The summed E-state index contributed by atoms with van der Waals surface area (Å²) in [6.45, 7) is 9.69. The van der Waals surface area contributed by atoms with Gasteiger partial charge in [-0.25, -0.2) is 4.79 Å². The van der Waals surface area contributed by atoms with Gasteiger partial charge in [0, 0.05) is 19.5 Å². The van der Waals surface area contributed by atoms with Gasteiger partial charge in [0.1, 0.15) is 0 Å². The smallest absolute Gasteiger partial charge is 0.478 e. The third-order valence-corrected chi connectivity index (χ3v) is 4.80. The number of nitrogens with one attached hydrogen (secondary N) is 1. The number of carbonyl (C=O) groups excluding carboxylic acids is 1. The molecule has 1 fully saturated rings. The van der Waals surface area contributed by atoms with Crippen molar-refractivity contribution >= 4 is 31.1 Å². The van der Waals surface area contributed by atoms with E-state index < -0.39 is 24.3 Å². The van der Waals surface area contributed by atoms with Gasteiger partial charge < -0.3 is 19.7 Å². The number of hydrogen-bond acceptors (Lipinski definition) is 4. The van der Waals surface area contributed by atoms with Crippen molar-refractivity contribution in [3.05, 3.63) is 46.9 Å². The molecule has 1 aliphatic heterocycles. The molecule has 2 rings (SSSR count). The molecule has 2 N–H and O–H groups in total. The Bertz CT molecular complexity index is 749. The van der Waals surface area contributed by atoms with E-state index in [1.54, 1.807) is 0 Å². The van der Waals surface area contributed by atoms with E-state index >= 15 is 0 Å². The first-order valence-corrected chi connectivity index (χ1v) is 8.82. The zero-order chi connectivity index (χ0) is 20.2. The number of hydrogen-bond donors (Lipinski definition) is 2. The highest BCUT2D eigenvalue weighted by Crippen LogP contribution is 2.38. The van der Waals surface area contributed by atoms with E-state index in [9.17, 15) is 9.59 Å². The van der Waals surface area contributed by atoms with Gasteiger partial charge >= 0.3 is 13.1 Å². The van der Waals surface area contributed by atoms with E-state index in [1.165, 1.54) is 13.0 Å². The van der Waals surface area contributed by atoms with Gasteiger partial charge in [-0.2, -0.15) is 0 Å². The number of benzene rings is 1. The van der Waals surface area contributed by atoms with Crippen LogP contribution in [-0.4, -0.2) is 41.8 Å². The zero-order valence-corrected chi connectivity index (χ0v) is 16.4. The van der Waals surface area contributed by atoms with E-state index in [1.807, 2.05) is 58.0 Å². The van der Waals surface area contributed by atoms with Crippen molar-refractivity contribution in [2.75, 3.05) is 6.54 Å². The molecule has 7 heteroatoms. The number of carbonyl (C=O) groups is 2. The third-order valence-electron chi connectivity index (χ3n) is 4.80. The van der Waals surface area contributed by atoms with Gasteiger partial charge in [0.25, 0.3) is 0 Å². The minimum Gasteiger partial charge on any atom is -0.478 e. The lowest BCUT2D eigenvalue weighted by molar-refractivity contribution is -0.131. The second-order valence-corrected chi connectivity index (χ2v) is 7.56. The lowest BCUT2D eigenvalue weighted by Crippen LogP contribution is -2.41. The summed E-state index contributed by atoms with van der Waals surface area (Å²) in [5, 5.41) is 11.5. The molecule has 1 aromatic carbocycles. The first-order chi connectivity index (χ1) is 12.5. The summed E-state index contributed by atoms with van der Waals surface area (Å²) >= 11 is 0. The van der Waals surface area contributed by atoms with Crippen molar-refractivity contribution in [2.24, 2.45) is 0 Å². The van der Waals surface area contributed by atoms with Crippen LogP contribution in [0.15, 0.2) is 35.8 Å². The standard InChI is InChI=1S/C20H26BNO5/c1-14(23)22-13-17(21-26-19(2,3)20(4,5)27-21)12-16-8-6-15(7-9-16)10-11-18(24)25/h6-12H,13H2,1-5H3,(H,22,23)(H,24,25)/b11-10+,17-12?. The van der Waals surface area contributed by atoms with Crippen LogP contribution in [0.3, 0.4) is 0 Å². The van der Waals surface area contributed by atoms with Gasteiger partial charge in [-0.15, -0.1) is 0 Å². The van der Waals surface area contributed by atoms with Crippen LogP contribution in [0.4, 0.5) is 0 Å². The minimum atomic E-state index is -0.989. The van der Waals surface area contributed by atoms with Crippen LogP contribution < -0.4 is 5.32 Å². The van der Waals surface area contributed by atoms with Crippen molar-refractivity contribution in [2.45, 2.75) is 45.8 Å². The quantitative estimate of drug-likeness (QED) is 0.593. The summed E-state index contributed by atoms with van der Waals surface area (Å²) in [4.78, 5) is 22.0. The molecule has 27 heavy (non-hydrogen) atoms. The molecule has 6 nitrogen and oxygen atoms in total. The predicted octanol–water partition coefficient (Wildman–Crippen LogP) is 2.94. The van der Waals surface area contributed by atoms with E-state index in [0.29, 0.717) is 6.54 Å². The molecule has 1 aliphatic rings. The Hall–Kier alpha value is -2.38. The lowest BCUT2D eigenvalue weighted by atomic mass is 9.77. The molecule has 144 valence electrons. The number of carboxylic acids is 1. The molecule has 0 aliphatic carbocycles. The maximum Gasteiger partial charge on any atom is 0.492 e. The first-order valence-electron chi connectivity index (χ1n) is 8.82. The topological polar surface area (TPSA) is 84.9 Å². The van der Waals surface area contributed by atoms with Crippen LogP contribution in [0.25, 0.3) is 12.2 Å². The van der Waals surface area contributed by atoms with Crippen LogP contribution >= 0.6 is 0 Å². The zero-order valence-electron chi connectivity index (χ0n) is 16.4. The highest BCUT2D eigenvalue weighted by Gasteiger charge is 2.52. The van der Waals surface area contributed by atoms with Crippen molar-refractivity contribution < 1.29 is 24.0 Å². The number of carboxylic acid groups (broad SMARTS) is 1. The van der Waals surface area contributed by atoms with Gasteiger partial charge in [0.05, 0.1) is 11.2 Å². The molecule has 1 aromatic rings. The summed E-state index contributed by atoms with van der Waals surface area (Å²) < 4.78 is 12.2. The molecular weight excluding hydrogens is 345 g/mol. The average Bonchev–Trinajstić information content (AvgIpc) is 2.78. The Balaban J connectivity index is 2.26. The van der Waals surface area contributed by atoms with Crippen molar-refractivity contribution in [3.8, 4) is 0 Å². The molecule has 0 spiro atoms. The molecule has 0 saturated carbocycles. The Kier molecular flexibility index (Phi) is 6.28. The van der Waals surface area contributed by atoms with Crippen molar-refractivity contribution in [1.29, 1.82) is 0 Å². The molecule has 1 saturated heterocycles. The number of rotatable bonds is 6. The van der Waals surface area contributed by atoms with E-state index in [-0.39, 0.29) is 5.91 Å². The first kappa shape index (κ1) is 20.9. The fourth-order valence-electron chi connectivity index (χ4n) is 2.51. The van der Waals surface area contributed by atoms with E-state index in [2.05, 4.69) is 5.32 Å². The highest BCUT2D eigenvalue weighted by atomic mass is 16.7. The molecule has 1 heterocycles. The molecular formula is C20H26BNO5. The van der Waals surface area contributed by atoms with Gasteiger partial charge in [-0.1, -0.05) is 30.3 Å². The van der Waals surface area contributed by atoms with Gasteiger partial charge in [0.15, 0.2) is 0 Å². The monoisotopic (exact) mass is 371 g/mol. The van der Waals surface area contributed by atoms with Crippen molar-refractivity contribution in [1.82, 2.24) is 5.32 Å². The Morgan fingerprint density at radius 3 is 2.07 bits per heavy atom. The second kappa shape index (κ2) is 8.11. The molecule has 0 atom stereocenters. The maximum atomic E-state index is 11.4. The fourth-order valence-corrected chi connectivity index (χ4v) is 2.51. The summed E-state index contributed by atoms with van der Waals surface area (Å²) in [6, 6.07) is 7.40. The summed E-state index contributed by atoms with van der Waals surface area (Å²) in [5.74, 6) is -1.12. The van der Waals surface area contributed by atoms with Crippen LogP contribution in [0.2, 0.25) is 0 Å². The van der Waals surface area contributed by atoms with Crippen LogP contribution in [-0.2, 0) is 18.9 Å². The Morgan fingerprint density at radius 1 is 1.07 bits per heavy atom. The Labute approximate surface area is 160 Å². The number of aliphatic carboxylic acids is 1. The molecule has 0 unspecified atom stereocenters. The summed E-state index contributed by atoms with van der Waals surface area (Å²) in [5.41, 5.74) is 1.54. The van der Waals surface area contributed by atoms with Crippen LogP contribution in [0.1, 0.15) is 45.7 Å². The normalized spacial score (nSPS) is 18.7. The summed E-state index contributed by atoms with van der Waals surface area (Å²) in [6.07, 6.45) is 4.54. The summed E-state index contributed by atoms with van der Waals surface area (Å²) in [7, 11) is -0.562.